The fourth-order valence-corrected chi connectivity index (χ4v) is 1.96. The first-order valence-corrected chi connectivity index (χ1v) is 5.93. The van der Waals surface area contributed by atoms with Gasteiger partial charge >= 0.3 is 12.1 Å². The smallest absolute Gasteiger partial charge is 0.422 e. The molecule has 0 aromatic heterocycles. The number of piperidine rings is 1. The van der Waals surface area contributed by atoms with Gasteiger partial charge in [-0.1, -0.05) is 0 Å². The van der Waals surface area contributed by atoms with Gasteiger partial charge in [0.25, 0.3) is 0 Å². The normalized spacial score (nSPS) is 27.4. The fraction of sp³-hybridized carbons (Fsp3) is 0.818. The lowest BCUT2D eigenvalue weighted by atomic mass is 9.91. The van der Waals surface area contributed by atoms with E-state index in [4.69, 9.17) is 5.11 Å². The number of carbonyl (C=O) groups is 2. The Labute approximate surface area is 108 Å². The van der Waals surface area contributed by atoms with Gasteiger partial charge in [0.05, 0.1) is 0 Å². The maximum Gasteiger partial charge on any atom is 0.422 e. The van der Waals surface area contributed by atoms with E-state index >= 15 is 0 Å². The van der Waals surface area contributed by atoms with Gasteiger partial charge in [-0.3, -0.25) is 4.79 Å². The SMILES string of the molecule is CC1CC(C(=O)NC(C)(C(=O)O)C(F)(F)F)CCN1. The zero-order chi connectivity index (χ0) is 14.8. The predicted molar refractivity (Wildman–Crippen MR) is 60.4 cm³/mol. The number of rotatable bonds is 3. The van der Waals surface area contributed by atoms with Crippen molar-refractivity contribution in [2.45, 2.75) is 44.4 Å². The van der Waals surface area contributed by atoms with Gasteiger partial charge in [0.2, 0.25) is 11.4 Å². The van der Waals surface area contributed by atoms with Gasteiger partial charge in [0.1, 0.15) is 0 Å². The Morgan fingerprint density at radius 2 is 1.95 bits per heavy atom. The van der Waals surface area contributed by atoms with Gasteiger partial charge in [-0.2, -0.15) is 13.2 Å². The zero-order valence-electron chi connectivity index (χ0n) is 10.7. The minimum absolute atomic E-state index is 0.0199. The summed E-state index contributed by atoms with van der Waals surface area (Å²) in [5.74, 6) is -3.58. The number of carbonyl (C=O) groups excluding carboxylic acids is 1. The van der Waals surface area contributed by atoms with Crippen molar-refractivity contribution in [1.29, 1.82) is 0 Å². The van der Waals surface area contributed by atoms with E-state index in [-0.39, 0.29) is 6.04 Å². The van der Waals surface area contributed by atoms with Gasteiger partial charge in [0, 0.05) is 12.0 Å². The van der Waals surface area contributed by atoms with Crippen LogP contribution in [0.3, 0.4) is 0 Å². The highest BCUT2D eigenvalue weighted by Crippen LogP contribution is 2.31. The average molecular weight is 282 g/mol. The predicted octanol–water partition coefficient (Wildman–Crippen LogP) is 0.896. The third-order valence-electron chi connectivity index (χ3n) is 3.36. The Morgan fingerprint density at radius 3 is 2.37 bits per heavy atom. The summed E-state index contributed by atoms with van der Waals surface area (Å²) in [7, 11) is 0. The Balaban J connectivity index is 2.80. The first-order chi connectivity index (χ1) is 8.58. The molecule has 0 radical (unpaired) electrons. The fourth-order valence-electron chi connectivity index (χ4n) is 1.96. The standard InChI is InChI=1S/C11H17F3N2O3/c1-6-5-7(3-4-15-6)8(17)16-10(2,9(18)19)11(12,13)14/h6-7,15H,3-5H2,1-2H3,(H,16,17)(H,18,19). The molecule has 1 aliphatic heterocycles. The van der Waals surface area contributed by atoms with E-state index in [0.29, 0.717) is 26.3 Å². The Kier molecular flexibility index (Phi) is 4.44. The second-order valence-electron chi connectivity index (χ2n) is 4.99. The Morgan fingerprint density at radius 1 is 1.37 bits per heavy atom. The molecule has 1 heterocycles. The molecule has 110 valence electrons. The highest BCUT2D eigenvalue weighted by Gasteiger charge is 2.58. The first kappa shape index (κ1) is 15.7. The number of halogens is 3. The number of hydrogen-bond acceptors (Lipinski definition) is 3. The summed E-state index contributed by atoms with van der Waals surface area (Å²) < 4.78 is 38.3. The van der Waals surface area contributed by atoms with Crippen LogP contribution in [0.25, 0.3) is 0 Å². The summed E-state index contributed by atoms with van der Waals surface area (Å²) in [5, 5.41) is 13.4. The maximum absolute atomic E-state index is 12.8. The van der Waals surface area contributed by atoms with Crippen LogP contribution in [0, 0.1) is 5.92 Å². The van der Waals surface area contributed by atoms with Gasteiger partial charge in [-0.05, 0) is 33.2 Å². The van der Waals surface area contributed by atoms with Crippen LogP contribution >= 0.6 is 0 Å². The topological polar surface area (TPSA) is 78.4 Å². The highest BCUT2D eigenvalue weighted by atomic mass is 19.4. The largest absolute Gasteiger partial charge is 0.479 e. The molecule has 0 saturated carbocycles. The molecule has 3 N–H and O–H groups in total. The third-order valence-corrected chi connectivity index (χ3v) is 3.36. The quantitative estimate of drug-likeness (QED) is 0.718. The third kappa shape index (κ3) is 3.37. The lowest BCUT2D eigenvalue weighted by Crippen LogP contribution is -2.63. The maximum atomic E-state index is 12.8. The molecule has 0 aromatic rings. The summed E-state index contributed by atoms with van der Waals surface area (Å²) in [6.45, 7) is 2.80. The minimum Gasteiger partial charge on any atom is -0.479 e. The lowest BCUT2D eigenvalue weighted by Gasteiger charge is -2.32. The average Bonchev–Trinajstić information content (AvgIpc) is 2.27. The molecule has 0 bridgehead atoms. The number of hydrogen-bond donors (Lipinski definition) is 3. The molecule has 19 heavy (non-hydrogen) atoms. The molecule has 0 aromatic carbocycles. The Bertz CT molecular complexity index is 373. The highest BCUT2D eigenvalue weighted by molar-refractivity contribution is 5.88. The van der Waals surface area contributed by atoms with E-state index in [1.807, 2.05) is 6.92 Å². The molecule has 1 rings (SSSR count). The van der Waals surface area contributed by atoms with E-state index in [1.54, 1.807) is 5.32 Å². The number of nitrogens with one attached hydrogen (secondary N) is 2. The van der Waals surface area contributed by atoms with Crippen molar-refractivity contribution in [3.63, 3.8) is 0 Å². The molecule has 1 saturated heterocycles. The van der Waals surface area contributed by atoms with Crippen LogP contribution in [0.4, 0.5) is 13.2 Å². The summed E-state index contributed by atoms with van der Waals surface area (Å²) in [5.41, 5.74) is -3.25. The minimum atomic E-state index is -5.05. The number of amides is 1. The summed E-state index contributed by atoms with van der Waals surface area (Å²) in [6, 6.07) is 0.0199. The lowest BCUT2D eigenvalue weighted by molar-refractivity contribution is -0.207. The van der Waals surface area contributed by atoms with Crippen molar-refractivity contribution in [2.75, 3.05) is 6.54 Å². The van der Waals surface area contributed by atoms with Gasteiger partial charge in [-0.15, -0.1) is 0 Å². The first-order valence-electron chi connectivity index (χ1n) is 5.93. The van der Waals surface area contributed by atoms with Crippen LogP contribution in [-0.2, 0) is 9.59 Å². The molecule has 1 amide bonds. The molecule has 8 heteroatoms. The molecule has 5 nitrogen and oxygen atoms in total. The van der Waals surface area contributed by atoms with E-state index < -0.39 is 29.5 Å². The van der Waals surface area contributed by atoms with Gasteiger partial charge < -0.3 is 15.7 Å². The Hall–Kier alpha value is -1.31. The van der Waals surface area contributed by atoms with Crippen molar-refractivity contribution in [2.24, 2.45) is 5.92 Å². The van der Waals surface area contributed by atoms with E-state index in [9.17, 15) is 22.8 Å². The molecular weight excluding hydrogens is 265 g/mol. The van der Waals surface area contributed by atoms with Crippen LogP contribution in [0.5, 0.6) is 0 Å². The van der Waals surface area contributed by atoms with Crippen molar-refractivity contribution in [3.05, 3.63) is 0 Å². The van der Waals surface area contributed by atoms with Crippen LogP contribution in [0.1, 0.15) is 26.7 Å². The second-order valence-corrected chi connectivity index (χ2v) is 4.99. The molecule has 0 spiro atoms. The molecular formula is C11H17F3N2O3. The summed E-state index contributed by atoms with van der Waals surface area (Å²) in [4.78, 5) is 22.6. The molecule has 0 aliphatic carbocycles. The number of carboxylic acids is 1. The number of alkyl halides is 3. The van der Waals surface area contributed by atoms with Gasteiger partial charge in [0.15, 0.2) is 0 Å². The van der Waals surface area contributed by atoms with E-state index in [1.165, 1.54) is 0 Å². The molecule has 1 aliphatic rings. The van der Waals surface area contributed by atoms with E-state index in [2.05, 4.69) is 5.32 Å². The zero-order valence-corrected chi connectivity index (χ0v) is 10.7. The van der Waals surface area contributed by atoms with E-state index in [0.717, 1.165) is 0 Å². The van der Waals surface area contributed by atoms with Crippen molar-refractivity contribution < 1.29 is 27.9 Å². The second kappa shape index (κ2) is 5.36. The molecule has 3 atom stereocenters. The molecule has 3 unspecified atom stereocenters. The summed E-state index contributed by atoms with van der Waals surface area (Å²) in [6.07, 6.45) is -4.27. The van der Waals surface area contributed by atoms with Gasteiger partial charge in [-0.25, -0.2) is 4.79 Å². The van der Waals surface area contributed by atoms with Crippen molar-refractivity contribution in [3.8, 4) is 0 Å². The van der Waals surface area contributed by atoms with Crippen LogP contribution in [0.15, 0.2) is 0 Å². The van der Waals surface area contributed by atoms with Crippen LogP contribution in [0.2, 0.25) is 0 Å². The summed E-state index contributed by atoms with van der Waals surface area (Å²) >= 11 is 0. The van der Waals surface area contributed by atoms with Crippen LogP contribution in [-0.4, -0.2) is 41.3 Å². The molecule has 1 fully saturated rings. The number of aliphatic carboxylic acids is 1. The van der Waals surface area contributed by atoms with Crippen molar-refractivity contribution >= 4 is 11.9 Å². The monoisotopic (exact) mass is 282 g/mol. The van der Waals surface area contributed by atoms with Crippen LogP contribution < -0.4 is 10.6 Å². The number of carboxylic acid groups (broad SMARTS) is 1. The van der Waals surface area contributed by atoms with Crippen molar-refractivity contribution in [1.82, 2.24) is 10.6 Å².